The first-order valence-electron chi connectivity index (χ1n) is 9.31. The molecular weight excluding hydrogens is 346 g/mol. The lowest BCUT2D eigenvalue weighted by molar-refractivity contribution is 0.592. The second-order valence-electron chi connectivity index (χ2n) is 7.69. The lowest BCUT2D eigenvalue weighted by Crippen LogP contribution is -2.14. The molecule has 140 valence electrons. The molecule has 5 heteroatoms. The molecule has 2 aromatic heterocycles. The molecule has 0 radical (unpaired) electrons. The Balaban J connectivity index is 1.63. The molecule has 0 saturated carbocycles. The van der Waals surface area contributed by atoms with Gasteiger partial charge in [-0.15, -0.1) is 0 Å². The van der Waals surface area contributed by atoms with Crippen molar-refractivity contribution in [1.82, 2.24) is 15.0 Å². The second kappa shape index (κ2) is 7.27. The van der Waals surface area contributed by atoms with E-state index in [9.17, 15) is 0 Å². The van der Waals surface area contributed by atoms with Crippen molar-refractivity contribution in [2.45, 2.75) is 26.2 Å². The zero-order valence-electron chi connectivity index (χ0n) is 16.3. The van der Waals surface area contributed by atoms with Gasteiger partial charge in [0, 0.05) is 23.5 Å². The Labute approximate surface area is 164 Å². The molecule has 0 unspecified atom stereocenters. The molecular formula is C23H23N5. The van der Waals surface area contributed by atoms with Crippen molar-refractivity contribution in [3.8, 4) is 0 Å². The molecule has 0 aliphatic heterocycles. The normalized spacial score (nSPS) is 11.4. The van der Waals surface area contributed by atoms with Crippen molar-refractivity contribution in [3.63, 3.8) is 0 Å². The minimum absolute atomic E-state index is 0.0219. The quantitative estimate of drug-likeness (QED) is 0.475. The van der Waals surface area contributed by atoms with Gasteiger partial charge in [0.1, 0.15) is 5.82 Å². The second-order valence-corrected chi connectivity index (χ2v) is 7.69. The molecule has 0 spiro atoms. The average Bonchev–Trinajstić information content (AvgIpc) is 2.68. The number of para-hydroxylation sites is 2. The highest BCUT2D eigenvalue weighted by atomic mass is 15.1. The predicted molar refractivity (Wildman–Crippen MR) is 115 cm³/mol. The van der Waals surface area contributed by atoms with Crippen LogP contribution in [0.25, 0.3) is 10.9 Å². The fourth-order valence-corrected chi connectivity index (χ4v) is 3.20. The Hall–Kier alpha value is -3.47. The minimum atomic E-state index is 0.0219. The third-order valence-corrected chi connectivity index (χ3v) is 4.53. The monoisotopic (exact) mass is 369 g/mol. The fourth-order valence-electron chi connectivity index (χ4n) is 3.20. The number of rotatable bonds is 4. The van der Waals surface area contributed by atoms with Crippen LogP contribution in [0.5, 0.6) is 0 Å². The van der Waals surface area contributed by atoms with E-state index in [1.54, 1.807) is 12.4 Å². The first-order valence-corrected chi connectivity index (χ1v) is 9.31. The van der Waals surface area contributed by atoms with Crippen molar-refractivity contribution in [2.75, 3.05) is 10.6 Å². The fraction of sp³-hybridized carbons (Fsp3) is 0.174. The standard InChI is InChI=1S/C23H23N5/c1-23(2,3)17-10-4-5-11-18(17)27-22-25-15-13-20(28-22)26-19-12-6-8-16-9-7-14-24-21(16)19/h4-15H,1-3H3,(H2,25,26,27,28). The topological polar surface area (TPSA) is 62.7 Å². The van der Waals surface area contributed by atoms with Gasteiger partial charge in [-0.05, 0) is 35.2 Å². The molecule has 2 heterocycles. The van der Waals surface area contributed by atoms with Crippen molar-refractivity contribution >= 4 is 34.0 Å². The lowest BCUT2D eigenvalue weighted by atomic mass is 9.86. The molecule has 0 atom stereocenters. The minimum Gasteiger partial charge on any atom is -0.338 e. The van der Waals surface area contributed by atoms with E-state index < -0.39 is 0 Å². The predicted octanol–water partition coefficient (Wildman–Crippen LogP) is 5.81. The van der Waals surface area contributed by atoms with Crippen LogP contribution in [0.2, 0.25) is 0 Å². The summed E-state index contributed by atoms with van der Waals surface area (Å²) < 4.78 is 0. The molecule has 0 fully saturated rings. The molecule has 0 saturated heterocycles. The van der Waals surface area contributed by atoms with Gasteiger partial charge in [-0.1, -0.05) is 57.2 Å². The number of fused-ring (bicyclic) bond motifs is 1. The Kier molecular flexibility index (Phi) is 4.65. The van der Waals surface area contributed by atoms with E-state index in [4.69, 9.17) is 0 Å². The van der Waals surface area contributed by atoms with Gasteiger partial charge in [0.2, 0.25) is 5.95 Å². The van der Waals surface area contributed by atoms with Crippen LogP contribution in [-0.2, 0) is 5.41 Å². The number of nitrogens with one attached hydrogen (secondary N) is 2. The van der Waals surface area contributed by atoms with Crippen LogP contribution >= 0.6 is 0 Å². The van der Waals surface area contributed by atoms with Crippen LogP contribution in [0.1, 0.15) is 26.3 Å². The first kappa shape index (κ1) is 17.9. The number of pyridine rings is 1. The maximum atomic E-state index is 4.63. The van der Waals surface area contributed by atoms with Crippen molar-refractivity contribution in [2.24, 2.45) is 0 Å². The number of benzene rings is 2. The third kappa shape index (κ3) is 3.78. The van der Waals surface area contributed by atoms with Crippen LogP contribution in [0.15, 0.2) is 73.1 Å². The van der Waals surface area contributed by atoms with E-state index in [2.05, 4.69) is 64.6 Å². The Morgan fingerprint density at radius 2 is 1.50 bits per heavy atom. The highest BCUT2D eigenvalue weighted by Gasteiger charge is 2.18. The Morgan fingerprint density at radius 3 is 2.36 bits per heavy atom. The summed E-state index contributed by atoms with van der Waals surface area (Å²) >= 11 is 0. The maximum Gasteiger partial charge on any atom is 0.229 e. The van der Waals surface area contributed by atoms with Crippen LogP contribution in [0, 0.1) is 0 Å². The highest BCUT2D eigenvalue weighted by Crippen LogP contribution is 2.31. The van der Waals surface area contributed by atoms with E-state index in [0.29, 0.717) is 11.8 Å². The summed E-state index contributed by atoms with van der Waals surface area (Å²) in [6.45, 7) is 6.58. The summed E-state index contributed by atoms with van der Waals surface area (Å²) in [7, 11) is 0. The number of nitrogens with zero attached hydrogens (tertiary/aromatic N) is 3. The van der Waals surface area contributed by atoms with Crippen LogP contribution in [0.3, 0.4) is 0 Å². The molecule has 4 rings (SSSR count). The zero-order chi connectivity index (χ0) is 19.6. The van der Waals surface area contributed by atoms with Crippen molar-refractivity contribution in [1.29, 1.82) is 0 Å². The van der Waals surface area contributed by atoms with E-state index >= 15 is 0 Å². The van der Waals surface area contributed by atoms with E-state index in [-0.39, 0.29) is 5.41 Å². The summed E-state index contributed by atoms with van der Waals surface area (Å²) in [4.78, 5) is 13.5. The van der Waals surface area contributed by atoms with Crippen molar-refractivity contribution < 1.29 is 0 Å². The summed E-state index contributed by atoms with van der Waals surface area (Å²) in [5, 5.41) is 7.81. The third-order valence-electron chi connectivity index (χ3n) is 4.53. The average molecular weight is 369 g/mol. The largest absolute Gasteiger partial charge is 0.338 e. The molecule has 0 aliphatic carbocycles. The number of aromatic nitrogens is 3. The maximum absolute atomic E-state index is 4.63. The first-order chi connectivity index (χ1) is 13.5. The van der Waals surface area contributed by atoms with Gasteiger partial charge < -0.3 is 10.6 Å². The van der Waals surface area contributed by atoms with Gasteiger partial charge in [-0.25, -0.2) is 4.98 Å². The zero-order valence-corrected chi connectivity index (χ0v) is 16.3. The Bertz CT molecular complexity index is 1110. The number of hydrogen-bond acceptors (Lipinski definition) is 5. The molecule has 0 amide bonds. The summed E-state index contributed by atoms with van der Waals surface area (Å²) in [6, 6.07) is 20.1. The highest BCUT2D eigenvalue weighted by molar-refractivity contribution is 5.91. The van der Waals surface area contributed by atoms with Crippen LogP contribution < -0.4 is 10.6 Å². The molecule has 2 aromatic carbocycles. The van der Waals surface area contributed by atoms with Crippen LogP contribution in [0.4, 0.5) is 23.1 Å². The summed E-state index contributed by atoms with van der Waals surface area (Å²) in [5.41, 5.74) is 4.08. The smallest absolute Gasteiger partial charge is 0.229 e. The Morgan fingerprint density at radius 1 is 0.714 bits per heavy atom. The molecule has 0 bridgehead atoms. The number of anilines is 4. The SMILES string of the molecule is CC(C)(C)c1ccccc1Nc1nccc(Nc2cccc3cccnc23)n1. The molecule has 5 nitrogen and oxygen atoms in total. The van der Waals surface area contributed by atoms with Gasteiger partial charge in [0.05, 0.1) is 11.2 Å². The van der Waals surface area contributed by atoms with E-state index in [1.165, 1.54) is 5.56 Å². The number of hydrogen-bond donors (Lipinski definition) is 2. The van der Waals surface area contributed by atoms with Crippen molar-refractivity contribution in [3.05, 3.63) is 78.6 Å². The van der Waals surface area contributed by atoms with Gasteiger partial charge in [-0.3, -0.25) is 4.98 Å². The molecule has 4 aromatic rings. The summed E-state index contributed by atoms with van der Waals surface area (Å²) in [5.74, 6) is 1.26. The lowest BCUT2D eigenvalue weighted by Gasteiger charge is -2.23. The molecule has 0 aliphatic rings. The van der Waals surface area contributed by atoms with Gasteiger partial charge in [0.15, 0.2) is 0 Å². The summed E-state index contributed by atoms with van der Waals surface area (Å²) in [6.07, 6.45) is 3.54. The van der Waals surface area contributed by atoms with Gasteiger partial charge in [0.25, 0.3) is 0 Å². The van der Waals surface area contributed by atoms with Gasteiger partial charge in [-0.2, -0.15) is 4.98 Å². The molecule has 2 N–H and O–H groups in total. The van der Waals surface area contributed by atoms with E-state index in [0.717, 1.165) is 22.3 Å². The van der Waals surface area contributed by atoms with Crippen LogP contribution in [-0.4, -0.2) is 15.0 Å². The molecule has 28 heavy (non-hydrogen) atoms. The van der Waals surface area contributed by atoms with E-state index in [1.807, 2.05) is 42.5 Å². The van der Waals surface area contributed by atoms with Gasteiger partial charge >= 0.3 is 0 Å².